The molecule has 0 radical (unpaired) electrons. The Bertz CT molecular complexity index is 403. The molecule has 3 saturated carbocycles. The van der Waals surface area contributed by atoms with Gasteiger partial charge in [0.25, 0.3) is 0 Å². The molecule has 0 heterocycles. The van der Waals surface area contributed by atoms with Gasteiger partial charge in [-0.1, -0.05) is 12.2 Å². The van der Waals surface area contributed by atoms with Gasteiger partial charge in [-0.2, -0.15) is 0 Å². The van der Waals surface area contributed by atoms with Crippen molar-refractivity contribution in [2.24, 2.45) is 35.0 Å². The molecule has 0 aliphatic heterocycles. The first-order valence-electron chi connectivity index (χ1n) is 7.61. The third-order valence-corrected chi connectivity index (χ3v) is 5.90. The molecule has 0 aromatic rings. The van der Waals surface area contributed by atoms with Gasteiger partial charge in [0.05, 0.1) is 12.5 Å². The van der Waals surface area contributed by atoms with Crippen molar-refractivity contribution in [3.63, 3.8) is 0 Å². The third kappa shape index (κ3) is 1.38. The van der Waals surface area contributed by atoms with Crippen molar-refractivity contribution < 1.29 is 9.53 Å². The van der Waals surface area contributed by atoms with E-state index in [0.717, 1.165) is 5.92 Å². The smallest absolute Gasteiger partial charge is 0.309 e. The minimum Gasteiger partial charge on any atom is -0.466 e. The summed E-state index contributed by atoms with van der Waals surface area (Å²) in [7, 11) is 0. The monoisotopic (exact) mass is 246 g/mol. The van der Waals surface area contributed by atoms with Crippen molar-refractivity contribution in [1.82, 2.24) is 0 Å². The molecule has 4 rings (SSSR count). The highest BCUT2D eigenvalue weighted by atomic mass is 16.5. The summed E-state index contributed by atoms with van der Waals surface area (Å²) in [4.78, 5) is 12.3. The Labute approximate surface area is 109 Å². The third-order valence-electron chi connectivity index (χ3n) is 5.90. The fourth-order valence-corrected chi connectivity index (χ4v) is 4.98. The van der Waals surface area contributed by atoms with Crippen LogP contribution < -0.4 is 0 Å². The number of esters is 1. The van der Waals surface area contributed by atoms with Crippen molar-refractivity contribution in [3.8, 4) is 0 Å². The Morgan fingerprint density at radius 2 is 2.00 bits per heavy atom. The Kier molecular flexibility index (Phi) is 2.22. The highest BCUT2D eigenvalue weighted by Crippen LogP contribution is 2.72. The van der Waals surface area contributed by atoms with Crippen LogP contribution in [0.4, 0.5) is 0 Å². The molecule has 0 aromatic heterocycles. The molecular weight excluding hydrogens is 224 g/mol. The van der Waals surface area contributed by atoms with Crippen LogP contribution in [0.3, 0.4) is 0 Å². The topological polar surface area (TPSA) is 26.3 Å². The molecule has 4 aliphatic carbocycles. The van der Waals surface area contributed by atoms with Crippen molar-refractivity contribution in [1.29, 1.82) is 0 Å². The number of carbonyl (C=O) groups excluding carboxylic acids is 1. The number of rotatable bonds is 4. The molecule has 0 spiro atoms. The lowest BCUT2D eigenvalue weighted by atomic mass is 9.70. The van der Waals surface area contributed by atoms with Gasteiger partial charge in [0.1, 0.15) is 0 Å². The normalized spacial score (nSPS) is 43.2. The quantitative estimate of drug-likeness (QED) is 0.562. The van der Waals surface area contributed by atoms with E-state index < -0.39 is 0 Å². The minimum absolute atomic E-state index is 0.0891. The second-order valence-electron chi connectivity index (χ2n) is 6.76. The summed E-state index contributed by atoms with van der Waals surface area (Å²) in [6.45, 7) is 2.45. The molecule has 4 atom stereocenters. The molecule has 0 unspecified atom stereocenters. The fourth-order valence-electron chi connectivity index (χ4n) is 4.98. The van der Waals surface area contributed by atoms with Crippen LogP contribution in [0.25, 0.3) is 0 Å². The fraction of sp³-hybridized carbons (Fsp3) is 0.812. The lowest BCUT2D eigenvalue weighted by Gasteiger charge is -2.34. The number of carbonyl (C=O) groups is 1. The predicted octanol–water partition coefficient (Wildman–Crippen LogP) is 3.18. The van der Waals surface area contributed by atoms with E-state index in [4.69, 9.17) is 4.74 Å². The number of allylic oxidation sites excluding steroid dienone is 2. The van der Waals surface area contributed by atoms with Gasteiger partial charge in [-0.15, -0.1) is 0 Å². The molecule has 2 nitrogen and oxygen atoms in total. The average molecular weight is 246 g/mol. The van der Waals surface area contributed by atoms with Crippen molar-refractivity contribution in [2.45, 2.75) is 39.0 Å². The summed E-state index contributed by atoms with van der Waals surface area (Å²) in [5, 5.41) is 0. The van der Waals surface area contributed by atoms with Gasteiger partial charge in [0, 0.05) is 0 Å². The summed E-state index contributed by atoms with van der Waals surface area (Å²) in [6, 6.07) is 0. The number of hydrogen-bond acceptors (Lipinski definition) is 2. The van der Waals surface area contributed by atoms with Crippen LogP contribution in [0.2, 0.25) is 0 Å². The minimum atomic E-state index is 0.0891. The zero-order valence-electron chi connectivity index (χ0n) is 11.1. The Morgan fingerprint density at radius 3 is 2.61 bits per heavy atom. The van der Waals surface area contributed by atoms with Crippen LogP contribution in [0.15, 0.2) is 12.2 Å². The SMILES string of the molecule is CCOC(=O)[C@@H]1[C@@H](C2(C3CC3)CC2)[C@@H]2C=C[C@H]1C2. The van der Waals surface area contributed by atoms with E-state index >= 15 is 0 Å². The molecule has 0 aromatic carbocycles. The Balaban J connectivity index is 1.63. The van der Waals surface area contributed by atoms with E-state index in [1.807, 2.05) is 6.92 Å². The van der Waals surface area contributed by atoms with E-state index in [2.05, 4.69) is 12.2 Å². The maximum atomic E-state index is 12.3. The van der Waals surface area contributed by atoms with Gasteiger partial charge in [-0.3, -0.25) is 4.79 Å². The molecule has 0 saturated heterocycles. The molecule has 2 heteroatoms. The van der Waals surface area contributed by atoms with Crippen LogP contribution in [0.5, 0.6) is 0 Å². The predicted molar refractivity (Wildman–Crippen MR) is 68.7 cm³/mol. The first-order chi connectivity index (χ1) is 8.76. The summed E-state index contributed by atoms with van der Waals surface area (Å²) < 4.78 is 5.36. The standard InChI is InChI=1S/C16H22O2/c1-2-18-15(17)13-10-3-4-11(9-10)14(13)16(7-8-16)12-5-6-12/h3-4,10-14H,2,5-9H2,1H3/t10-,11+,13-,14-/m0/s1. The van der Waals surface area contributed by atoms with Crippen LogP contribution in [0, 0.1) is 35.0 Å². The molecule has 18 heavy (non-hydrogen) atoms. The van der Waals surface area contributed by atoms with E-state index in [-0.39, 0.29) is 11.9 Å². The highest BCUT2D eigenvalue weighted by molar-refractivity contribution is 5.75. The number of hydrogen-bond donors (Lipinski definition) is 0. The van der Waals surface area contributed by atoms with Crippen molar-refractivity contribution in [3.05, 3.63) is 12.2 Å². The van der Waals surface area contributed by atoms with Gasteiger partial charge in [-0.05, 0) is 68.1 Å². The first kappa shape index (κ1) is 11.1. The molecule has 2 bridgehead atoms. The second-order valence-corrected chi connectivity index (χ2v) is 6.76. The van der Waals surface area contributed by atoms with E-state index in [1.54, 1.807) is 0 Å². The molecule has 0 N–H and O–H groups in total. The van der Waals surface area contributed by atoms with E-state index in [1.165, 1.54) is 32.1 Å². The molecular formula is C16H22O2. The molecule has 4 aliphatic rings. The summed E-state index contributed by atoms with van der Waals surface area (Å²) >= 11 is 0. The van der Waals surface area contributed by atoms with Gasteiger partial charge < -0.3 is 4.74 Å². The van der Waals surface area contributed by atoms with Gasteiger partial charge in [0.2, 0.25) is 0 Å². The maximum Gasteiger partial charge on any atom is 0.309 e. The Morgan fingerprint density at radius 1 is 1.28 bits per heavy atom. The lowest BCUT2D eigenvalue weighted by Crippen LogP contribution is -2.36. The van der Waals surface area contributed by atoms with E-state index in [0.29, 0.717) is 29.8 Å². The summed E-state index contributed by atoms with van der Waals surface area (Å²) in [5.41, 5.74) is 0.543. The van der Waals surface area contributed by atoms with Gasteiger partial charge in [-0.25, -0.2) is 0 Å². The van der Waals surface area contributed by atoms with Crippen molar-refractivity contribution >= 4 is 5.97 Å². The first-order valence-corrected chi connectivity index (χ1v) is 7.61. The maximum absolute atomic E-state index is 12.3. The second kappa shape index (κ2) is 3.61. The highest BCUT2D eigenvalue weighted by Gasteiger charge is 2.66. The Hall–Kier alpha value is -0.790. The zero-order valence-corrected chi connectivity index (χ0v) is 11.1. The summed E-state index contributed by atoms with van der Waals surface area (Å²) in [5.74, 6) is 2.98. The lowest BCUT2D eigenvalue weighted by molar-refractivity contribution is -0.152. The summed E-state index contributed by atoms with van der Waals surface area (Å²) in [6.07, 6.45) is 11.5. The van der Waals surface area contributed by atoms with Crippen molar-refractivity contribution in [2.75, 3.05) is 6.61 Å². The van der Waals surface area contributed by atoms with Gasteiger partial charge >= 0.3 is 5.97 Å². The number of fused-ring (bicyclic) bond motifs is 2. The van der Waals surface area contributed by atoms with Crippen LogP contribution in [-0.2, 0) is 9.53 Å². The zero-order chi connectivity index (χ0) is 12.3. The van der Waals surface area contributed by atoms with Gasteiger partial charge in [0.15, 0.2) is 0 Å². The average Bonchev–Trinajstić information content (AvgIpc) is 3.26. The molecule has 98 valence electrons. The van der Waals surface area contributed by atoms with Crippen LogP contribution in [-0.4, -0.2) is 12.6 Å². The largest absolute Gasteiger partial charge is 0.466 e. The van der Waals surface area contributed by atoms with Crippen LogP contribution in [0.1, 0.15) is 39.0 Å². The van der Waals surface area contributed by atoms with E-state index in [9.17, 15) is 4.79 Å². The number of ether oxygens (including phenoxy) is 1. The molecule has 0 amide bonds. The molecule has 3 fully saturated rings. The van der Waals surface area contributed by atoms with Crippen LogP contribution >= 0.6 is 0 Å².